The van der Waals surface area contributed by atoms with E-state index in [0.29, 0.717) is 29.9 Å². The van der Waals surface area contributed by atoms with Crippen molar-refractivity contribution in [2.45, 2.75) is 24.9 Å². The summed E-state index contributed by atoms with van der Waals surface area (Å²) in [7, 11) is -0.211. The van der Waals surface area contributed by atoms with Crippen molar-refractivity contribution in [3.05, 3.63) is 23.7 Å². The van der Waals surface area contributed by atoms with Crippen LogP contribution in [0.3, 0.4) is 0 Å². The number of hydrogen-bond acceptors (Lipinski definition) is 5. The fourth-order valence-electron chi connectivity index (χ4n) is 1.92. The molecule has 0 saturated heterocycles. The van der Waals surface area contributed by atoms with E-state index in [1.54, 1.807) is 25.0 Å². The number of hydrogen-bond donors (Lipinski definition) is 3. The molecule has 0 aromatic carbocycles. The van der Waals surface area contributed by atoms with Gasteiger partial charge in [-0.3, -0.25) is 14.5 Å². The number of H-pyrrole nitrogens is 1. The minimum atomic E-state index is -3.70. The maximum absolute atomic E-state index is 12.4. The Bertz CT molecular complexity index is 688. The number of nitrogens with zero attached hydrogens (tertiary/aromatic N) is 3. The summed E-state index contributed by atoms with van der Waals surface area (Å²) in [4.78, 5) is 0. The number of aromatic nitrogens is 4. The summed E-state index contributed by atoms with van der Waals surface area (Å²) in [5, 5.41) is 13.5. The normalized spacial score (nSPS) is 11.8. The zero-order chi connectivity index (χ0) is 14.8. The van der Waals surface area contributed by atoms with Crippen molar-refractivity contribution in [1.29, 1.82) is 0 Å². The van der Waals surface area contributed by atoms with Gasteiger partial charge < -0.3 is 5.32 Å². The molecule has 2 aromatic rings. The van der Waals surface area contributed by atoms with Crippen molar-refractivity contribution in [2.75, 3.05) is 11.8 Å². The molecule has 2 heterocycles. The third-order valence-corrected chi connectivity index (χ3v) is 4.18. The molecule has 0 radical (unpaired) electrons. The highest BCUT2D eigenvalue weighted by Crippen LogP contribution is 2.20. The standard InChI is InChI=1S/C11H18N6O2S/c1-4-9-10(7-17(3)15-9)16-20(18,19)11-8(5-12-2)6-13-14-11/h6-7,12,16H,4-5H2,1-3H3,(H,13,14). The lowest BCUT2D eigenvalue weighted by Crippen LogP contribution is -2.17. The highest BCUT2D eigenvalue weighted by atomic mass is 32.2. The zero-order valence-corrected chi connectivity index (χ0v) is 12.5. The summed E-state index contributed by atoms with van der Waals surface area (Å²) in [5.41, 5.74) is 1.77. The molecule has 3 N–H and O–H groups in total. The molecule has 0 unspecified atom stereocenters. The van der Waals surface area contributed by atoms with Crippen molar-refractivity contribution >= 4 is 15.7 Å². The molecule has 0 saturated carbocycles. The molecule has 0 aliphatic rings. The van der Waals surface area contributed by atoms with Crippen LogP contribution in [-0.2, 0) is 30.0 Å². The van der Waals surface area contributed by atoms with Crippen molar-refractivity contribution < 1.29 is 8.42 Å². The van der Waals surface area contributed by atoms with Crippen molar-refractivity contribution in [3.8, 4) is 0 Å². The van der Waals surface area contributed by atoms with E-state index in [2.05, 4.69) is 25.3 Å². The van der Waals surface area contributed by atoms with Crippen LogP contribution in [0.2, 0.25) is 0 Å². The quantitative estimate of drug-likeness (QED) is 0.708. The van der Waals surface area contributed by atoms with Crippen LogP contribution < -0.4 is 10.0 Å². The lowest BCUT2D eigenvalue weighted by atomic mass is 10.3. The largest absolute Gasteiger partial charge is 0.316 e. The third kappa shape index (κ3) is 2.83. The lowest BCUT2D eigenvalue weighted by molar-refractivity contribution is 0.595. The van der Waals surface area contributed by atoms with Crippen LogP contribution >= 0.6 is 0 Å². The summed E-state index contributed by atoms with van der Waals surface area (Å²) in [6, 6.07) is 0. The van der Waals surface area contributed by atoms with E-state index in [-0.39, 0.29) is 5.03 Å². The maximum atomic E-state index is 12.4. The van der Waals surface area contributed by atoms with Crippen LogP contribution in [0.25, 0.3) is 0 Å². The summed E-state index contributed by atoms with van der Waals surface area (Å²) >= 11 is 0. The smallest absolute Gasteiger partial charge is 0.279 e. The number of anilines is 1. The molecule has 0 aliphatic carbocycles. The second-order valence-corrected chi connectivity index (χ2v) is 6.00. The van der Waals surface area contributed by atoms with Crippen LogP contribution in [0.5, 0.6) is 0 Å². The topological polar surface area (TPSA) is 105 Å². The van der Waals surface area contributed by atoms with Crippen LogP contribution in [0, 0.1) is 0 Å². The SMILES string of the molecule is CCc1nn(C)cc1NS(=O)(=O)c1[nH]ncc1CNC. The van der Waals surface area contributed by atoms with E-state index in [1.807, 2.05) is 6.92 Å². The van der Waals surface area contributed by atoms with Gasteiger partial charge in [0.05, 0.1) is 17.6 Å². The van der Waals surface area contributed by atoms with Gasteiger partial charge in [0.15, 0.2) is 5.03 Å². The summed E-state index contributed by atoms with van der Waals surface area (Å²) in [5.74, 6) is 0. The Kier molecular flexibility index (Phi) is 4.09. The number of rotatable bonds is 6. The van der Waals surface area contributed by atoms with E-state index in [1.165, 1.54) is 6.20 Å². The molecule has 0 spiro atoms. The molecule has 0 atom stereocenters. The molecule has 20 heavy (non-hydrogen) atoms. The molecule has 0 amide bonds. The molecule has 2 aromatic heterocycles. The fraction of sp³-hybridized carbons (Fsp3) is 0.455. The Morgan fingerprint density at radius 1 is 1.45 bits per heavy atom. The third-order valence-electron chi connectivity index (χ3n) is 2.80. The minimum absolute atomic E-state index is 0.0674. The summed E-state index contributed by atoms with van der Waals surface area (Å²) < 4.78 is 28.9. The second kappa shape index (κ2) is 5.63. The minimum Gasteiger partial charge on any atom is -0.316 e. The number of nitrogens with one attached hydrogen (secondary N) is 3. The van der Waals surface area contributed by atoms with Gasteiger partial charge in [-0.25, -0.2) is 0 Å². The first-order chi connectivity index (χ1) is 9.47. The van der Waals surface area contributed by atoms with Crippen molar-refractivity contribution in [2.24, 2.45) is 7.05 Å². The van der Waals surface area contributed by atoms with Gasteiger partial charge in [0.25, 0.3) is 10.0 Å². The van der Waals surface area contributed by atoms with Crippen molar-refractivity contribution in [1.82, 2.24) is 25.3 Å². The fourth-order valence-corrected chi connectivity index (χ4v) is 3.13. The van der Waals surface area contributed by atoms with Gasteiger partial charge in [0, 0.05) is 25.4 Å². The Balaban J connectivity index is 2.33. The van der Waals surface area contributed by atoms with E-state index in [9.17, 15) is 8.42 Å². The van der Waals surface area contributed by atoms with E-state index in [0.717, 1.165) is 0 Å². The van der Waals surface area contributed by atoms with Crippen LogP contribution in [0.15, 0.2) is 17.4 Å². The second-order valence-electron chi connectivity index (χ2n) is 4.38. The van der Waals surface area contributed by atoms with Gasteiger partial charge in [0.1, 0.15) is 0 Å². The first-order valence-corrected chi connectivity index (χ1v) is 7.68. The van der Waals surface area contributed by atoms with Gasteiger partial charge in [-0.15, -0.1) is 0 Å². The van der Waals surface area contributed by atoms with Crippen molar-refractivity contribution in [3.63, 3.8) is 0 Å². The van der Waals surface area contributed by atoms with Gasteiger partial charge in [-0.2, -0.15) is 18.6 Å². The van der Waals surface area contributed by atoms with Crippen LogP contribution in [0.1, 0.15) is 18.2 Å². The molecule has 8 nitrogen and oxygen atoms in total. The van der Waals surface area contributed by atoms with Crippen LogP contribution in [0.4, 0.5) is 5.69 Å². The van der Waals surface area contributed by atoms with E-state index >= 15 is 0 Å². The Morgan fingerprint density at radius 2 is 2.20 bits per heavy atom. The predicted octanol–water partition coefficient (Wildman–Crippen LogP) is 0.226. The average Bonchev–Trinajstić information content (AvgIpc) is 2.96. The molecule has 0 fully saturated rings. The summed E-state index contributed by atoms with van der Waals surface area (Å²) in [6.07, 6.45) is 3.78. The number of aromatic amines is 1. The highest BCUT2D eigenvalue weighted by molar-refractivity contribution is 7.92. The molecule has 0 bridgehead atoms. The Labute approximate surface area is 117 Å². The molecule has 2 rings (SSSR count). The number of aryl methyl sites for hydroxylation is 2. The van der Waals surface area contributed by atoms with E-state index < -0.39 is 10.0 Å². The molecular weight excluding hydrogens is 280 g/mol. The van der Waals surface area contributed by atoms with Gasteiger partial charge in [0.2, 0.25) is 0 Å². The number of sulfonamides is 1. The van der Waals surface area contributed by atoms with Gasteiger partial charge >= 0.3 is 0 Å². The Morgan fingerprint density at radius 3 is 2.85 bits per heavy atom. The summed E-state index contributed by atoms with van der Waals surface area (Å²) in [6.45, 7) is 2.34. The van der Waals surface area contributed by atoms with Crippen LogP contribution in [-0.4, -0.2) is 35.4 Å². The Hall–Kier alpha value is -1.87. The van der Waals surface area contributed by atoms with E-state index in [4.69, 9.17) is 0 Å². The first kappa shape index (κ1) is 14.5. The molecule has 9 heteroatoms. The first-order valence-electron chi connectivity index (χ1n) is 6.20. The predicted molar refractivity (Wildman–Crippen MR) is 74.7 cm³/mol. The van der Waals surface area contributed by atoms with Gasteiger partial charge in [-0.1, -0.05) is 6.92 Å². The molecular formula is C11H18N6O2S. The lowest BCUT2D eigenvalue weighted by Gasteiger charge is -2.07. The van der Waals surface area contributed by atoms with Gasteiger partial charge in [-0.05, 0) is 13.5 Å². The highest BCUT2D eigenvalue weighted by Gasteiger charge is 2.22. The average molecular weight is 298 g/mol. The zero-order valence-electron chi connectivity index (χ0n) is 11.6. The monoisotopic (exact) mass is 298 g/mol. The molecule has 110 valence electrons. The maximum Gasteiger partial charge on any atom is 0.279 e. The molecule has 0 aliphatic heterocycles.